The summed E-state index contributed by atoms with van der Waals surface area (Å²) in [5.74, 6) is 0. The van der Waals surface area contributed by atoms with Gasteiger partial charge in [-0.25, -0.2) is 13.6 Å². The molecule has 0 radical (unpaired) electrons. The zero-order valence-corrected chi connectivity index (χ0v) is 7.01. The second-order valence-electron chi connectivity index (χ2n) is 2.37. The number of thiol groups is 1. The molecule has 2 aromatic heterocycles. The van der Waals surface area contributed by atoms with E-state index in [0.29, 0.717) is 0 Å². The molecule has 0 aliphatic carbocycles. The van der Waals surface area contributed by atoms with Gasteiger partial charge in [0.1, 0.15) is 0 Å². The van der Waals surface area contributed by atoms with Crippen molar-refractivity contribution in [3.63, 3.8) is 0 Å². The first-order chi connectivity index (χ1) is 6.09. The van der Waals surface area contributed by atoms with E-state index in [0.717, 1.165) is 3.97 Å². The van der Waals surface area contributed by atoms with Crippen LogP contribution in [0.3, 0.4) is 0 Å². The number of hydrogen-bond donors (Lipinski definition) is 4. The Hall–Kier alpha value is -1.70. The van der Waals surface area contributed by atoms with Crippen LogP contribution in [0.15, 0.2) is 14.4 Å². The summed E-state index contributed by atoms with van der Waals surface area (Å²) in [6.45, 7) is 0. The summed E-state index contributed by atoms with van der Waals surface area (Å²) in [6, 6.07) is 0. The van der Waals surface area contributed by atoms with Crippen molar-refractivity contribution in [1.29, 1.82) is 0 Å². The van der Waals surface area contributed by atoms with Crippen LogP contribution in [0.2, 0.25) is 0 Å². The van der Waals surface area contributed by atoms with E-state index in [-0.39, 0.29) is 11.2 Å². The molecule has 0 saturated carbocycles. The van der Waals surface area contributed by atoms with E-state index in [2.05, 4.69) is 22.8 Å². The maximum Gasteiger partial charge on any atom is 0.337 e. The highest BCUT2D eigenvalue weighted by atomic mass is 32.1. The highest BCUT2D eigenvalue weighted by Gasteiger charge is 2.07. The molecule has 0 bridgehead atoms. The lowest BCUT2D eigenvalue weighted by atomic mass is 10.5. The third-order valence-electron chi connectivity index (χ3n) is 1.56. The van der Waals surface area contributed by atoms with E-state index in [1.165, 1.54) is 0 Å². The predicted octanol–water partition coefficient (Wildman–Crippen LogP) is -1.60. The molecule has 0 amide bonds. The number of rotatable bonds is 0. The number of fused-ring (bicyclic) bond motifs is 1. The molecule has 2 aromatic rings. The molecule has 13 heavy (non-hydrogen) atoms. The molecule has 0 fully saturated rings. The maximum absolute atomic E-state index is 11.1. The van der Waals surface area contributed by atoms with Crippen molar-refractivity contribution in [2.45, 2.75) is 0 Å². The van der Waals surface area contributed by atoms with Crippen LogP contribution in [0.4, 0.5) is 0 Å². The molecule has 0 aromatic carbocycles. The third kappa shape index (κ3) is 1.03. The lowest BCUT2D eigenvalue weighted by Crippen LogP contribution is -2.22. The molecule has 7 nitrogen and oxygen atoms in total. The number of imidazole rings is 1. The second-order valence-corrected chi connectivity index (χ2v) is 2.77. The lowest BCUT2D eigenvalue weighted by Gasteiger charge is -1.88. The third-order valence-corrected chi connectivity index (χ3v) is 1.94. The molecular formula is C5H4N4O3S. The van der Waals surface area contributed by atoms with E-state index >= 15 is 0 Å². The van der Waals surface area contributed by atoms with Crippen molar-refractivity contribution >= 4 is 24.0 Å². The van der Waals surface area contributed by atoms with Crippen LogP contribution in [-0.4, -0.2) is 18.9 Å². The van der Waals surface area contributed by atoms with Gasteiger partial charge < -0.3 is 0 Å². The van der Waals surface area contributed by atoms with Gasteiger partial charge >= 0.3 is 11.4 Å². The van der Waals surface area contributed by atoms with Gasteiger partial charge in [-0.1, -0.05) is 12.8 Å². The van der Waals surface area contributed by atoms with Crippen LogP contribution in [0.5, 0.6) is 0 Å². The second kappa shape index (κ2) is 2.39. The molecule has 0 saturated heterocycles. The Kier molecular flexibility index (Phi) is 1.46. The van der Waals surface area contributed by atoms with Gasteiger partial charge in [-0.15, -0.1) is 0 Å². The highest BCUT2D eigenvalue weighted by molar-refractivity contribution is 7.78. The van der Waals surface area contributed by atoms with Gasteiger partial charge in [0, 0.05) is 0 Å². The van der Waals surface area contributed by atoms with Crippen molar-refractivity contribution in [2.75, 3.05) is 0 Å². The number of hydrogen-bond acceptors (Lipinski definition) is 4. The summed E-state index contributed by atoms with van der Waals surface area (Å²) < 4.78 is 0.853. The van der Waals surface area contributed by atoms with Crippen LogP contribution in [-0.2, 0) is 0 Å². The summed E-state index contributed by atoms with van der Waals surface area (Å²) in [5, 5.41) is 0. The number of nitrogens with one attached hydrogen (secondary N) is 3. The van der Waals surface area contributed by atoms with Crippen molar-refractivity contribution in [3.8, 4) is 0 Å². The normalized spacial score (nSPS) is 10.8. The summed E-state index contributed by atoms with van der Waals surface area (Å²) in [7, 11) is 0. The average molecular weight is 200 g/mol. The topological polar surface area (TPSA) is 104 Å². The SMILES string of the molecule is O=c1[nH]c(=O)c2[nH]c(=O)n(S)c2[nH]1. The largest absolute Gasteiger partial charge is 0.337 e. The fourth-order valence-electron chi connectivity index (χ4n) is 1.01. The lowest BCUT2D eigenvalue weighted by molar-refractivity contribution is 1.06. The fraction of sp³-hybridized carbons (Fsp3) is 0. The highest BCUT2D eigenvalue weighted by Crippen LogP contribution is 1.97. The van der Waals surface area contributed by atoms with Gasteiger partial charge in [0.25, 0.3) is 5.56 Å². The number of H-pyrrole nitrogens is 3. The number of aromatic amines is 3. The van der Waals surface area contributed by atoms with Gasteiger partial charge in [0.05, 0.1) is 0 Å². The first-order valence-electron chi connectivity index (χ1n) is 3.26. The summed E-state index contributed by atoms with van der Waals surface area (Å²) in [5.41, 5.74) is -1.85. The Bertz CT molecular complexity index is 629. The monoisotopic (exact) mass is 200 g/mol. The fourth-order valence-corrected chi connectivity index (χ4v) is 1.21. The van der Waals surface area contributed by atoms with Gasteiger partial charge in [0.2, 0.25) is 0 Å². The molecule has 3 N–H and O–H groups in total. The minimum Gasteiger partial charge on any atom is -0.299 e. The first kappa shape index (κ1) is 7.92. The molecule has 2 heterocycles. The van der Waals surface area contributed by atoms with Crippen LogP contribution in [0.25, 0.3) is 11.2 Å². The van der Waals surface area contributed by atoms with E-state index in [9.17, 15) is 14.4 Å². The molecule has 0 aliphatic rings. The van der Waals surface area contributed by atoms with E-state index in [1.807, 2.05) is 4.98 Å². The molecule has 0 unspecified atom stereocenters. The van der Waals surface area contributed by atoms with Crippen molar-refractivity contribution in [2.24, 2.45) is 0 Å². The Morgan fingerprint density at radius 2 is 1.77 bits per heavy atom. The molecular weight excluding hydrogens is 196 g/mol. The van der Waals surface area contributed by atoms with Crippen LogP contribution < -0.4 is 16.9 Å². The van der Waals surface area contributed by atoms with Gasteiger partial charge in [0.15, 0.2) is 11.2 Å². The minimum absolute atomic E-state index is 0.000370. The van der Waals surface area contributed by atoms with Gasteiger partial charge in [-0.3, -0.25) is 19.7 Å². The molecule has 8 heteroatoms. The predicted molar refractivity (Wildman–Crippen MR) is 48.2 cm³/mol. The first-order valence-corrected chi connectivity index (χ1v) is 3.66. The smallest absolute Gasteiger partial charge is 0.299 e. The zero-order valence-electron chi connectivity index (χ0n) is 6.12. The van der Waals surface area contributed by atoms with Crippen LogP contribution >= 0.6 is 12.8 Å². The maximum atomic E-state index is 11.1. The minimum atomic E-state index is -0.681. The van der Waals surface area contributed by atoms with Crippen LogP contribution in [0.1, 0.15) is 0 Å². The van der Waals surface area contributed by atoms with Gasteiger partial charge in [-0.05, 0) is 0 Å². The van der Waals surface area contributed by atoms with E-state index < -0.39 is 16.9 Å². The standard InChI is InChI=1S/C5H4N4O3S/c10-3-1-2(7-4(11)8-3)9(13)5(12)6-1/h13H,(H,6,12)(H2,7,8,10,11). The van der Waals surface area contributed by atoms with Crippen molar-refractivity contribution in [3.05, 3.63) is 31.3 Å². The summed E-state index contributed by atoms with van der Waals surface area (Å²) in [6.07, 6.45) is 0. The molecule has 0 atom stereocenters. The number of aromatic nitrogens is 4. The molecule has 0 aliphatic heterocycles. The molecule has 2 rings (SSSR count). The summed E-state index contributed by atoms with van der Waals surface area (Å²) >= 11 is 3.76. The Morgan fingerprint density at radius 1 is 1.08 bits per heavy atom. The molecule has 0 spiro atoms. The van der Waals surface area contributed by atoms with E-state index in [4.69, 9.17) is 0 Å². The van der Waals surface area contributed by atoms with Crippen molar-refractivity contribution in [1.82, 2.24) is 18.9 Å². The van der Waals surface area contributed by atoms with Gasteiger partial charge in [-0.2, -0.15) is 0 Å². The summed E-state index contributed by atoms with van der Waals surface area (Å²) in [4.78, 5) is 39.3. The molecule has 68 valence electrons. The van der Waals surface area contributed by atoms with Crippen LogP contribution in [0, 0.1) is 0 Å². The zero-order chi connectivity index (χ0) is 9.59. The Labute approximate surface area is 75.0 Å². The Morgan fingerprint density at radius 3 is 2.46 bits per heavy atom. The number of nitrogens with zero attached hydrogens (tertiary/aromatic N) is 1. The Balaban J connectivity index is 3.22. The van der Waals surface area contributed by atoms with Crippen molar-refractivity contribution < 1.29 is 0 Å². The average Bonchev–Trinajstić information content (AvgIpc) is 2.32. The van der Waals surface area contributed by atoms with E-state index in [1.54, 1.807) is 0 Å². The quantitative estimate of drug-likeness (QED) is 0.385.